The van der Waals surface area contributed by atoms with Crippen molar-refractivity contribution in [3.05, 3.63) is 46.5 Å². The number of rotatable bonds is 10. The van der Waals surface area contributed by atoms with Gasteiger partial charge in [-0.2, -0.15) is 0 Å². The molecular weight excluding hydrogens is 480 g/mol. The second kappa shape index (κ2) is 10.9. The largest absolute Gasteiger partial charge is 0.507 e. The van der Waals surface area contributed by atoms with Gasteiger partial charge in [0.15, 0.2) is 11.6 Å². The van der Waals surface area contributed by atoms with Crippen LogP contribution in [-0.2, 0) is 19.1 Å². The minimum absolute atomic E-state index is 0.0763. The third-order valence-corrected chi connectivity index (χ3v) is 9.49. The molecule has 0 aromatic carbocycles. The first kappa shape index (κ1) is 29.9. The lowest BCUT2D eigenvalue weighted by molar-refractivity contribution is -0.138. The summed E-state index contributed by atoms with van der Waals surface area (Å²) >= 11 is 0. The fourth-order valence-corrected chi connectivity index (χ4v) is 6.82. The van der Waals surface area contributed by atoms with Crippen molar-refractivity contribution in [1.29, 1.82) is 0 Å². The van der Waals surface area contributed by atoms with E-state index in [9.17, 15) is 24.6 Å². The Morgan fingerprint density at radius 1 is 1.21 bits per heavy atom. The highest BCUT2D eigenvalue weighted by Gasteiger charge is 2.59. The lowest BCUT2D eigenvalue weighted by Crippen LogP contribution is -2.53. The van der Waals surface area contributed by atoms with Crippen molar-refractivity contribution in [2.45, 2.75) is 100 Å². The maximum atomic E-state index is 14.7. The Kier molecular flexibility index (Phi) is 8.55. The fourth-order valence-electron chi connectivity index (χ4n) is 6.82. The van der Waals surface area contributed by atoms with Gasteiger partial charge in [0.2, 0.25) is 0 Å². The summed E-state index contributed by atoms with van der Waals surface area (Å²) in [6.45, 7) is 20.1. The lowest BCUT2D eigenvalue weighted by Gasteiger charge is -2.56. The number of carboxylic acids is 1. The lowest BCUT2D eigenvalue weighted by atomic mass is 9.48. The summed E-state index contributed by atoms with van der Waals surface area (Å²) in [7, 11) is 0. The zero-order chi connectivity index (χ0) is 28.7. The van der Waals surface area contributed by atoms with Gasteiger partial charge in [-0.05, 0) is 70.6 Å². The molecule has 0 saturated heterocycles. The van der Waals surface area contributed by atoms with E-state index in [-0.39, 0.29) is 52.0 Å². The van der Waals surface area contributed by atoms with E-state index in [0.29, 0.717) is 31.6 Å². The fraction of sp³-hybridized carbons (Fsp3) is 0.656. The van der Waals surface area contributed by atoms with Gasteiger partial charge in [0.05, 0.1) is 23.3 Å². The average Bonchev–Trinajstić information content (AvgIpc) is 2.80. The molecule has 0 unspecified atom stereocenters. The molecule has 6 atom stereocenters. The topological polar surface area (TPSA) is 101 Å². The summed E-state index contributed by atoms with van der Waals surface area (Å²) in [6, 6.07) is 0. The van der Waals surface area contributed by atoms with Gasteiger partial charge in [-0.25, -0.2) is 0 Å². The van der Waals surface area contributed by atoms with Gasteiger partial charge in [-0.1, -0.05) is 57.9 Å². The molecule has 0 amide bonds. The smallest absolute Gasteiger partial charge is 0.303 e. The Hall–Kier alpha value is -2.63. The molecule has 210 valence electrons. The van der Waals surface area contributed by atoms with Crippen LogP contribution < -0.4 is 0 Å². The average molecular weight is 527 g/mol. The third-order valence-electron chi connectivity index (χ3n) is 9.49. The monoisotopic (exact) mass is 526 g/mol. The zero-order valence-electron chi connectivity index (χ0n) is 24.4. The molecule has 3 rings (SSSR count). The second-order valence-corrected chi connectivity index (χ2v) is 12.8. The SMILES string of the molecule is C=C(C)[C@@H]1C[C@H](C[C@]2(CC=C(C)C)C(=O)C([C@H](CCC)CC(=O)O)=C(O)C3=C2O[C@H](C)[C@@H](C)C3=O)C1(C)C. The van der Waals surface area contributed by atoms with Gasteiger partial charge in [-0.15, -0.1) is 0 Å². The molecule has 1 heterocycles. The number of Topliss-reactive ketones (excluding diaryl/α,β-unsaturated/α-hetero) is 2. The van der Waals surface area contributed by atoms with Gasteiger partial charge in [0, 0.05) is 11.5 Å². The molecule has 1 fully saturated rings. The number of aliphatic hydroxyl groups excluding tert-OH is 1. The van der Waals surface area contributed by atoms with Crippen molar-refractivity contribution in [2.75, 3.05) is 0 Å². The van der Waals surface area contributed by atoms with E-state index in [2.05, 4.69) is 20.4 Å². The standard InChI is InChI=1S/C32H46O6/c1-10-11-21(14-24(33)34)25-28(36)26-27(35)19(6)20(7)38-30(26)32(29(25)37,13-12-17(2)3)16-22-15-23(18(4)5)31(22,8)9/h12,19-23,36H,4,10-11,13-16H2,1-3,5-9H3,(H,33,34)/t19-,20-,21-,22-,23+,32-/m1/s1. The number of aliphatic hydroxyl groups is 1. The van der Waals surface area contributed by atoms with Crippen molar-refractivity contribution in [3.63, 3.8) is 0 Å². The van der Waals surface area contributed by atoms with Crippen LogP contribution in [0.15, 0.2) is 46.5 Å². The predicted molar refractivity (Wildman–Crippen MR) is 148 cm³/mol. The van der Waals surface area contributed by atoms with Crippen LogP contribution in [-0.4, -0.2) is 33.9 Å². The number of hydrogen-bond donors (Lipinski definition) is 2. The number of carbonyl (C=O) groups excluding carboxylic acids is 2. The van der Waals surface area contributed by atoms with Gasteiger partial charge in [0.1, 0.15) is 17.6 Å². The molecule has 6 heteroatoms. The Morgan fingerprint density at radius 2 is 1.84 bits per heavy atom. The molecule has 0 bridgehead atoms. The molecule has 0 radical (unpaired) electrons. The summed E-state index contributed by atoms with van der Waals surface area (Å²) in [4.78, 5) is 40.3. The zero-order valence-corrected chi connectivity index (χ0v) is 24.4. The van der Waals surface area contributed by atoms with Crippen LogP contribution in [0.5, 0.6) is 0 Å². The van der Waals surface area contributed by atoms with Gasteiger partial charge in [-0.3, -0.25) is 14.4 Å². The number of hydrogen-bond acceptors (Lipinski definition) is 5. The molecule has 38 heavy (non-hydrogen) atoms. The van der Waals surface area contributed by atoms with Crippen molar-refractivity contribution in [3.8, 4) is 0 Å². The highest BCUT2D eigenvalue weighted by Crippen LogP contribution is 2.61. The molecule has 6 nitrogen and oxygen atoms in total. The molecule has 1 aliphatic heterocycles. The first-order valence-corrected chi connectivity index (χ1v) is 14.0. The Bertz CT molecular complexity index is 1110. The molecule has 1 saturated carbocycles. The van der Waals surface area contributed by atoms with Crippen LogP contribution in [0.25, 0.3) is 0 Å². The van der Waals surface area contributed by atoms with E-state index in [1.807, 2.05) is 40.7 Å². The predicted octanol–water partition coefficient (Wildman–Crippen LogP) is 7.12. The molecule has 3 aliphatic rings. The summed E-state index contributed by atoms with van der Waals surface area (Å²) in [5, 5.41) is 21.2. The minimum Gasteiger partial charge on any atom is -0.507 e. The number of carbonyl (C=O) groups is 3. The van der Waals surface area contributed by atoms with E-state index >= 15 is 0 Å². The van der Waals surface area contributed by atoms with E-state index in [1.54, 1.807) is 6.92 Å². The van der Waals surface area contributed by atoms with Crippen LogP contribution in [0, 0.1) is 34.5 Å². The van der Waals surface area contributed by atoms with Crippen LogP contribution in [0.2, 0.25) is 0 Å². The number of carboxylic acid groups (broad SMARTS) is 1. The van der Waals surface area contributed by atoms with E-state index in [1.165, 1.54) is 0 Å². The Labute approximate surface area is 227 Å². The molecular formula is C32H46O6. The first-order chi connectivity index (χ1) is 17.6. The third kappa shape index (κ3) is 5.03. The van der Waals surface area contributed by atoms with E-state index in [4.69, 9.17) is 4.74 Å². The molecule has 0 aromatic heterocycles. The van der Waals surface area contributed by atoms with Gasteiger partial charge in [0.25, 0.3) is 0 Å². The van der Waals surface area contributed by atoms with Crippen molar-refractivity contribution < 1.29 is 29.3 Å². The number of allylic oxidation sites excluding steroid dienone is 6. The Morgan fingerprint density at radius 3 is 2.34 bits per heavy atom. The number of ether oxygens (including phenoxy) is 1. The van der Waals surface area contributed by atoms with Gasteiger partial charge < -0.3 is 14.9 Å². The van der Waals surface area contributed by atoms with Crippen molar-refractivity contribution in [2.24, 2.45) is 34.5 Å². The maximum Gasteiger partial charge on any atom is 0.303 e. The summed E-state index contributed by atoms with van der Waals surface area (Å²) < 4.78 is 6.42. The molecule has 0 aromatic rings. The van der Waals surface area contributed by atoms with Crippen LogP contribution in [0.1, 0.15) is 93.9 Å². The second-order valence-electron chi connectivity index (χ2n) is 12.8. The van der Waals surface area contributed by atoms with Crippen molar-refractivity contribution >= 4 is 17.5 Å². The van der Waals surface area contributed by atoms with E-state index in [0.717, 1.165) is 17.6 Å². The molecule has 0 spiro atoms. The van der Waals surface area contributed by atoms with Gasteiger partial charge >= 0.3 is 5.97 Å². The Balaban J connectivity index is 2.30. The van der Waals surface area contributed by atoms with E-state index < -0.39 is 29.3 Å². The van der Waals surface area contributed by atoms with Crippen LogP contribution in [0.4, 0.5) is 0 Å². The highest BCUT2D eigenvalue weighted by atomic mass is 16.5. The van der Waals surface area contributed by atoms with Crippen LogP contribution in [0.3, 0.4) is 0 Å². The van der Waals surface area contributed by atoms with Crippen molar-refractivity contribution in [1.82, 2.24) is 0 Å². The molecule has 2 aliphatic carbocycles. The summed E-state index contributed by atoms with van der Waals surface area (Å²) in [6.07, 6.45) is 4.01. The normalized spacial score (nSPS) is 31.3. The summed E-state index contributed by atoms with van der Waals surface area (Å²) in [5.41, 5.74) is 1.02. The van der Waals surface area contributed by atoms with Crippen LogP contribution >= 0.6 is 0 Å². The number of aliphatic carboxylic acids is 1. The maximum absolute atomic E-state index is 14.7. The highest BCUT2D eigenvalue weighted by molar-refractivity contribution is 6.12. The number of ketones is 2. The quantitative estimate of drug-likeness (QED) is 0.294. The first-order valence-electron chi connectivity index (χ1n) is 14.0. The summed E-state index contributed by atoms with van der Waals surface area (Å²) in [5.74, 6) is -2.39. The minimum atomic E-state index is -1.19. The molecule has 2 N–H and O–H groups in total.